The van der Waals surface area contributed by atoms with Crippen LogP contribution < -0.4 is 0 Å². The van der Waals surface area contributed by atoms with E-state index in [0.29, 0.717) is 36.0 Å². The number of rotatable bonds is 14. The summed E-state index contributed by atoms with van der Waals surface area (Å²) in [5.74, 6) is -4.65. The number of fused-ring (bicyclic) bond motifs is 5. The summed E-state index contributed by atoms with van der Waals surface area (Å²) in [6.07, 6.45) is -4.72. The summed E-state index contributed by atoms with van der Waals surface area (Å²) in [6, 6.07) is 25.7. The Morgan fingerprint density at radius 3 is 1.98 bits per heavy atom. The van der Waals surface area contributed by atoms with Gasteiger partial charge < -0.3 is 33.5 Å². The van der Waals surface area contributed by atoms with Crippen molar-refractivity contribution in [3.63, 3.8) is 0 Å². The fraction of sp³-hybridized carbons (Fsp3) is 0.490. The largest absolute Gasteiger partial charge is 0.461 e. The van der Waals surface area contributed by atoms with Crippen LogP contribution in [0, 0.1) is 16.7 Å². The summed E-state index contributed by atoms with van der Waals surface area (Å²) < 4.78 is 37.5. The van der Waals surface area contributed by atoms with Gasteiger partial charge in [0.2, 0.25) is 0 Å². The van der Waals surface area contributed by atoms with Crippen molar-refractivity contribution in [3.8, 4) is 0 Å². The highest BCUT2D eigenvalue weighted by atomic mass is 16.6. The molecule has 1 N–H and O–H groups in total. The molecule has 0 aromatic heterocycles. The third-order valence-electron chi connectivity index (χ3n) is 14.1. The van der Waals surface area contributed by atoms with Gasteiger partial charge in [-0.15, -0.1) is 0 Å². The first-order valence-corrected chi connectivity index (χ1v) is 22.0. The van der Waals surface area contributed by atoms with E-state index < -0.39 is 88.1 Å². The van der Waals surface area contributed by atoms with Crippen molar-refractivity contribution in [2.24, 2.45) is 16.7 Å². The van der Waals surface area contributed by atoms with Crippen molar-refractivity contribution in [2.75, 3.05) is 6.61 Å². The highest BCUT2D eigenvalue weighted by Crippen LogP contribution is 2.65. The van der Waals surface area contributed by atoms with Gasteiger partial charge in [0, 0.05) is 62.5 Å². The molecular weight excluding hydrogens is 821 g/mol. The van der Waals surface area contributed by atoms with Gasteiger partial charge in [-0.1, -0.05) is 98.8 Å². The number of hydrogen-bond donors (Lipinski definition) is 1. The number of unbranched alkanes of at least 4 members (excludes halogenated alkanes) is 1. The molecule has 2 saturated carbocycles. The van der Waals surface area contributed by atoms with Crippen LogP contribution in [0.2, 0.25) is 0 Å². The van der Waals surface area contributed by atoms with Gasteiger partial charge in [-0.2, -0.15) is 0 Å². The second-order valence-electron chi connectivity index (χ2n) is 18.4. The van der Waals surface area contributed by atoms with Crippen LogP contribution in [0.1, 0.15) is 108 Å². The molecule has 340 valence electrons. The zero-order chi connectivity index (χ0) is 46.2. The van der Waals surface area contributed by atoms with E-state index in [0.717, 1.165) is 11.1 Å². The molecule has 1 heterocycles. The lowest BCUT2D eigenvalue weighted by Gasteiger charge is -2.68. The number of aliphatic hydroxyl groups is 1. The third-order valence-corrected chi connectivity index (χ3v) is 14.1. The molecule has 0 unspecified atom stereocenters. The van der Waals surface area contributed by atoms with Gasteiger partial charge in [0.15, 0.2) is 23.3 Å². The molecule has 64 heavy (non-hydrogen) atoms. The molecule has 3 fully saturated rings. The lowest BCUT2D eigenvalue weighted by atomic mass is 9.44. The van der Waals surface area contributed by atoms with Crippen LogP contribution >= 0.6 is 0 Å². The fourth-order valence-corrected chi connectivity index (χ4v) is 10.8. The first kappa shape index (κ1) is 46.5. The van der Waals surface area contributed by atoms with E-state index in [1.54, 1.807) is 52.0 Å². The number of hydrogen-bond acceptors (Lipinski definition) is 13. The van der Waals surface area contributed by atoms with Crippen LogP contribution in [0.4, 0.5) is 0 Å². The molecule has 1 aliphatic heterocycles. The van der Waals surface area contributed by atoms with Crippen LogP contribution in [-0.2, 0) is 65.4 Å². The Balaban J connectivity index is 1.24. The Labute approximate surface area is 373 Å². The van der Waals surface area contributed by atoms with Gasteiger partial charge in [-0.05, 0) is 55.4 Å². The molecule has 2 bridgehead atoms. The summed E-state index contributed by atoms with van der Waals surface area (Å²) in [4.78, 5) is 81.6. The van der Waals surface area contributed by atoms with Crippen LogP contribution in [0.3, 0.4) is 0 Å². The van der Waals surface area contributed by atoms with E-state index in [-0.39, 0.29) is 43.8 Å². The van der Waals surface area contributed by atoms with E-state index in [9.17, 15) is 29.1 Å². The third kappa shape index (κ3) is 8.45. The van der Waals surface area contributed by atoms with Crippen molar-refractivity contribution in [1.82, 2.24) is 0 Å². The van der Waals surface area contributed by atoms with Crippen LogP contribution in [0.25, 0.3) is 0 Å². The van der Waals surface area contributed by atoms with Crippen molar-refractivity contribution in [3.05, 3.63) is 118 Å². The van der Waals surface area contributed by atoms with Crippen molar-refractivity contribution >= 4 is 35.4 Å². The number of carbonyl (C=O) groups is 6. The number of aryl methyl sites for hydroxylation is 1. The molecular formula is C51H58O13. The summed E-state index contributed by atoms with van der Waals surface area (Å²) in [7, 11) is 0. The average Bonchev–Trinajstić information content (AvgIpc) is 3.24. The maximum Gasteiger partial charge on any atom is 0.306 e. The molecule has 0 spiro atoms. The number of ketones is 2. The molecule has 13 nitrogen and oxygen atoms in total. The Morgan fingerprint density at radius 2 is 1.39 bits per heavy atom. The summed E-state index contributed by atoms with van der Waals surface area (Å²) in [5, 5.41) is 13.6. The zero-order valence-electron chi connectivity index (χ0n) is 37.6. The Kier molecular flexibility index (Phi) is 13.2. The Hall–Kier alpha value is -5.50. The second kappa shape index (κ2) is 18.2. The normalized spacial score (nSPS) is 30.3. The van der Waals surface area contributed by atoms with E-state index in [1.807, 2.05) is 60.7 Å². The minimum Gasteiger partial charge on any atom is -0.461 e. The zero-order valence-corrected chi connectivity index (χ0v) is 37.6. The van der Waals surface area contributed by atoms with E-state index in [4.69, 9.17) is 28.4 Å². The highest BCUT2D eigenvalue weighted by Gasteiger charge is 2.78. The number of carbonyl (C=O) groups excluding carboxylic acids is 6. The Morgan fingerprint density at radius 1 is 0.766 bits per heavy atom. The Bertz CT molecular complexity index is 2300. The first-order chi connectivity index (χ1) is 30.3. The quantitative estimate of drug-likeness (QED) is 0.0590. The highest BCUT2D eigenvalue weighted by molar-refractivity contribution is 6.09. The van der Waals surface area contributed by atoms with Gasteiger partial charge in [0.1, 0.15) is 23.9 Å². The second-order valence-corrected chi connectivity index (χ2v) is 18.4. The number of ether oxygens (including phenoxy) is 6. The molecule has 3 aromatic carbocycles. The maximum absolute atomic E-state index is 15.9. The number of Topliss-reactive ketones (excluding diaryl/α,β-unsaturated/α-hetero) is 1. The summed E-state index contributed by atoms with van der Waals surface area (Å²) in [5.41, 5.74) is -3.23. The fourth-order valence-electron chi connectivity index (χ4n) is 10.8. The molecule has 4 aliphatic rings. The van der Waals surface area contributed by atoms with E-state index >= 15 is 4.79 Å². The predicted molar refractivity (Wildman–Crippen MR) is 231 cm³/mol. The van der Waals surface area contributed by atoms with Crippen molar-refractivity contribution in [2.45, 2.75) is 135 Å². The molecule has 13 heteroatoms. The SMILES string of the molecule is CC(=O)O[C@H]1C(=O)[C@]2(C)[C@@H](OC(=O)CCCCc3ccc(C(=O)c4ccccc4)cc3)C[C@H]3OC[C@@]3(OC(C)=O)[C@H]2[C@H](OCc2ccccc2)[C@]2(O)C[C@H](OC(C)=O)C(C)=C1C2(C)C. The predicted octanol–water partition coefficient (Wildman–Crippen LogP) is 6.78. The summed E-state index contributed by atoms with van der Waals surface area (Å²) >= 11 is 0. The number of esters is 4. The monoisotopic (exact) mass is 878 g/mol. The molecule has 9 atom stereocenters. The minimum atomic E-state index is -2.01. The van der Waals surface area contributed by atoms with Gasteiger partial charge in [0.25, 0.3) is 0 Å². The summed E-state index contributed by atoms with van der Waals surface area (Å²) in [6.45, 7) is 10.2. The molecule has 0 radical (unpaired) electrons. The lowest BCUT2D eigenvalue weighted by molar-refractivity contribution is -0.352. The average molecular weight is 879 g/mol. The molecule has 7 rings (SSSR count). The van der Waals surface area contributed by atoms with Crippen molar-refractivity contribution < 1.29 is 62.3 Å². The number of benzene rings is 3. The van der Waals surface area contributed by atoms with Gasteiger partial charge >= 0.3 is 23.9 Å². The van der Waals surface area contributed by atoms with E-state index in [2.05, 4.69) is 0 Å². The first-order valence-electron chi connectivity index (χ1n) is 22.0. The van der Waals surface area contributed by atoms with Gasteiger partial charge in [0.05, 0.1) is 24.7 Å². The van der Waals surface area contributed by atoms with Crippen LogP contribution in [0.5, 0.6) is 0 Å². The minimum absolute atomic E-state index is 0.00321. The van der Waals surface area contributed by atoms with Crippen LogP contribution in [0.15, 0.2) is 96.1 Å². The van der Waals surface area contributed by atoms with Gasteiger partial charge in [-0.25, -0.2) is 0 Å². The standard InChI is InChI=1S/C51H58O13/c1-30-38(61-31(2)52)27-51(58)47(59-28-35-17-10-8-11-18-35)45-49(7,46(57)44(62-32(3)53)42(30)48(51,5)6)39(26-40-50(45,29-60-40)64-33(4)54)63-41(55)21-15-14-16-34-22-24-37(25-23-34)43(56)36-19-12-9-13-20-36/h8-13,17-20,22-25,38-40,44-45,47,58H,14-16,21,26-29H2,1-7H3/t38-,39-,40+,44+,45-,47-,49+,50-,51+/m0/s1. The molecule has 3 aliphatic carbocycles. The van der Waals surface area contributed by atoms with Crippen LogP contribution in [-0.4, -0.2) is 88.9 Å². The topological polar surface area (TPSA) is 178 Å². The lowest BCUT2D eigenvalue weighted by Crippen LogP contribution is -2.82. The van der Waals surface area contributed by atoms with Crippen molar-refractivity contribution in [1.29, 1.82) is 0 Å². The smallest absolute Gasteiger partial charge is 0.306 e. The van der Waals surface area contributed by atoms with Gasteiger partial charge in [-0.3, -0.25) is 28.8 Å². The maximum atomic E-state index is 15.9. The molecule has 1 saturated heterocycles. The van der Waals surface area contributed by atoms with E-state index in [1.165, 1.54) is 20.8 Å². The molecule has 0 amide bonds. The molecule has 3 aromatic rings.